The normalized spacial score (nSPS) is 45.0. The lowest BCUT2D eigenvalue weighted by molar-refractivity contribution is 0.143. The maximum atomic E-state index is 7.90. The minimum atomic E-state index is 0.300. The summed E-state index contributed by atoms with van der Waals surface area (Å²) in [5.41, 5.74) is 7.90. The van der Waals surface area contributed by atoms with E-state index in [2.05, 4.69) is 0 Å². The summed E-state index contributed by atoms with van der Waals surface area (Å²) in [4.78, 5) is 0. The van der Waals surface area contributed by atoms with E-state index in [0.717, 1.165) is 11.8 Å². The molecular formula is C10H18N. The van der Waals surface area contributed by atoms with E-state index >= 15 is 0 Å². The highest BCUT2D eigenvalue weighted by atomic mass is 14.7. The molecule has 2 aliphatic carbocycles. The van der Waals surface area contributed by atoms with Crippen molar-refractivity contribution in [2.75, 3.05) is 0 Å². The molecule has 2 rings (SSSR count). The Morgan fingerprint density at radius 1 is 0.818 bits per heavy atom. The molecule has 0 aromatic carbocycles. The highest BCUT2D eigenvalue weighted by Crippen LogP contribution is 2.40. The van der Waals surface area contributed by atoms with Crippen LogP contribution < -0.4 is 5.73 Å². The molecule has 1 N–H and O–H groups in total. The molecule has 3 unspecified atom stereocenters. The van der Waals surface area contributed by atoms with Gasteiger partial charge in [-0.25, -0.2) is 0 Å². The van der Waals surface area contributed by atoms with Crippen molar-refractivity contribution in [3.63, 3.8) is 0 Å². The van der Waals surface area contributed by atoms with E-state index in [1.165, 1.54) is 44.9 Å². The van der Waals surface area contributed by atoms with Gasteiger partial charge in [-0.15, -0.1) is 0 Å². The third-order valence-corrected chi connectivity index (χ3v) is 3.57. The Morgan fingerprint density at radius 3 is 2.36 bits per heavy atom. The van der Waals surface area contributed by atoms with Crippen molar-refractivity contribution >= 4 is 0 Å². The van der Waals surface area contributed by atoms with Gasteiger partial charge < -0.3 is 0 Å². The van der Waals surface area contributed by atoms with Gasteiger partial charge in [-0.3, -0.25) is 5.73 Å². The molecule has 2 saturated carbocycles. The summed E-state index contributed by atoms with van der Waals surface area (Å²) < 4.78 is 0. The second-order valence-electron chi connectivity index (χ2n) is 4.25. The van der Waals surface area contributed by atoms with Crippen LogP contribution in [0.25, 0.3) is 0 Å². The van der Waals surface area contributed by atoms with E-state index in [1.807, 2.05) is 0 Å². The molecule has 2 fully saturated rings. The van der Waals surface area contributed by atoms with Crippen molar-refractivity contribution in [3.05, 3.63) is 0 Å². The van der Waals surface area contributed by atoms with Crippen LogP contribution >= 0.6 is 0 Å². The van der Waals surface area contributed by atoms with Gasteiger partial charge in [-0.05, 0) is 24.7 Å². The molecular weight excluding hydrogens is 134 g/mol. The summed E-state index contributed by atoms with van der Waals surface area (Å²) >= 11 is 0. The Kier molecular flexibility index (Phi) is 2.17. The van der Waals surface area contributed by atoms with Crippen molar-refractivity contribution in [2.24, 2.45) is 11.8 Å². The molecule has 0 amide bonds. The predicted octanol–water partition coefficient (Wildman–Crippen LogP) is 2.63. The zero-order valence-electron chi connectivity index (χ0n) is 7.18. The molecule has 0 aromatic rings. The average Bonchev–Trinajstić information content (AvgIpc) is 2.06. The highest BCUT2D eigenvalue weighted by Gasteiger charge is 2.32. The smallest absolute Gasteiger partial charge is 0.0243 e. The first-order chi connectivity index (χ1) is 5.38. The lowest BCUT2D eigenvalue weighted by Gasteiger charge is -2.39. The van der Waals surface area contributed by atoms with Crippen LogP contribution in [0.2, 0.25) is 0 Å². The van der Waals surface area contributed by atoms with Crippen LogP contribution in [0.5, 0.6) is 0 Å². The summed E-state index contributed by atoms with van der Waals surface area (Å²) in [6.07, 6.45) is 9.57. The van der Waals surface area contributed by atoms with Crippen molar-refractivity contribution in [1.82, 2.24) is 5.73 Å². The predicted molar refractivity (Wildman–Crippen MR) is 46.2 cm³/mol. The average molecular weight is 152 g/mol. The first-order valence-corrected chi connectivity index (χ1v) is 5.09. The fraction of sp³-hybridized carbons (Fsp3) is 1.00. The lowest BCUT2D eigenvalue weighted by atomic mass is 9.69. The van der Waals surface area contributed by atoms with Crippen LogP contribution in [0.1, 0.15) is 44.9 Å². The maximum absolute atomic E-state index is 7.90. The van der Waals surface area contributed by atoms with E-state index in [0.29, 0.717) is 6.04 Å². The minimum Gasteiger partial charge on any atom is -0.254 e. The first-order valence-electron chi connectivity index (χ1n) is 5.09. The van der Waals surface area contributed by atoms with Gasteiger partial charge in [-0.2, -0.15) is 0 Å². The maximum Gasteiger partial charge on any atom is 0.0243 e. The van der Waals surface area contributed by atoms with E-state index < -0.39 is 0 Å². The largest absolute Gasteiger partial charge is 0.254 e. The van der Waals surface area contributed by atoms with Crippen LogP contribution in [-0.4, -0.2) is 6.04 Å². The Labute approximate surface area is 69.4 Å². The fourth-order valence-electron chi connectivity index (χ4n) is 2.94. The standard InChI is InChI=1S/C10H18N/c11-10-7-3-5-8-4-1-2-6-9(8)10/h8-11H,1-7H2. The molecule has 0 aromatic heterocycles. The second-order valence-corrected chi connectivity index (χ2v) is 4.25. The van der Waals surface area contributed by atoms with Gasteiger partial charge >= 0.3 is 0 Å². The number of nitrogens with one attached hydrogen (secondary N) is 1. The van der Waals surface area contributed by atoms with Gasteiger partial charge in [0.25, 0.3) is 0 Å². The monoisotopic (exact) mass is 152 g/mol. The van der Waals surface area contributed by atoms with Crippen LogP contribution in [0.3, 0.4) is 0 Å². The molecule has 1 radical (unpaired) electrons. The zero-order valence-corrected chi connectivity index (χ0v) is 7.18. The molecule has 3 atom stereocenters. The molecule has 0 spiro atoms. The number of fused-ring (bicyclic) bond motifs is 1. The molecule has 0 aliphatic heterocycles. The molecule has 2 aliphatic rings. The quantitative estimate of drug-likeness (QED) is 0.509. The fourth-order valence-corrected chi connectivity index (χ4v) is 2.94. The summed E-state index contributed by atoms with van der Waals surface area (Å²) in [5, 5.41) is 0. The van der Waals surface area contributed by atoms with E-state index in [4.69, 9.17) is 5.73 Å². The molecule has 1 heteroatoms. The van der Waals surface area contributed by atoms with E-state index in [-0.39, 0.29) is 0 Å². The van der Waals surface area contributed by atoms with E-state index in [9.17, 15) is 0 Å². The van der Waals surface area contributed by atoms with Gasteiger partial charge in [0.15, 0.2) is 0 Å². The van der Waals surface area contributed by atoms with Gasteiger partial charge in [0, 0.05) is 6.04 Å². The van der Waals surface area contributed by atoms with Gasteiger partial charge in [0.2, 0.25) is 0 Å². The summed E-state index contributed by atoms with van der Waals surface area (Å²) in [6, 6.07) is 0.300. The topological polar surface area (TPSA) is 23.8 Å². The summed E-state index contributed by atoms with van der Waals surface area (Å²) in [7, 11) is 0. The van der Waals surface area contributed by atoms with E-state index in [1.54, 1.807) is 0 Å². The van der Waals surface area contributed by atoms with Gasteiger partial charge in [0.05, 0.1) is 0 Å². The highest BCUT2D eigenvalue weighted by molar-refractivity contribution is 4.86. The van der Waals surface area contributed by atoms with Crippen molar-refractivity contribution in [3.8, 4) is 0 Å². The summed E-state index contributed by atoms with van der Waals surface area (Å²) in [6.45, 7) is 0. The Balaban J connectivity index is 1.99. The third kappa shape index (κ3) is 1.44. The lowest BCUT2D eigenvalue weighted by Crippen LogP contribution is -2.35. The Hall–Kier alpha value is -0.0400. The van der Waals surface area contributed by atoms with Crippen molar-refractivity contribution in [1.29, 1.82) is 0 Å². The Morgan fingerprint density at radius 2 is 1.55 bits per heavy atom. The van der Waals surface area contributed by atoms with Crippen LogP contribution in [0.4, 0.5) is 0 Å². The van der Waals surface area contributed by atoms with Gasteiger partial charge in [0.1, 0.15) is 0 Å². The van der Waals surface area contributed by atoms with Crippen LogP contribution in [0.15, 0.2) is 0 Å². The molecule has 1 nitrogen and oxygen atoms in total. The summed E-state index contributed by atoms with van der Waals surface area (Å²) in [5.74, 6) is 1.73. The number of rotatable bonds is 0. The van der Waals surface area contributed by atoms with Gasteiger partial charge in [-0.1, -0.05) is 32.1 Å². The zero-order chi connectivity index (χ0) is 7.68. The molecule has 0 bridgehead atoms. The van der Waals surface area contributed by atoms with Crippen molar-refractivity contribution in [2.45, 2.75) is 51.0 Å². The molecule has 0 saturated heterocycles. The van der Waals surface area contributed by atoms with Crippen LogP contribution in [-0.2, 0) is 0 Å². The van der Waals surface area contributed by atoms with Crippen molar-refractivity contribution < 1.29 is 0 Å². The molecule has 11 heavy (non-hydrogen) atoms. The molecule has 0 heterocycles. The first kappa shape index (κ1) is 7.60. The second kappa shape index (κ2) is 3.14. The number of hydrogen-bond acceptors (Lipinski definition) is 0. The SMILES string of the molecule is [NH]C1CCCC2CCCCC12. The van der Waals surface area contributed by atoms with Crippen LogP contribution in [0, 0.1) is 11.8 Å². The number of hydrogen-bond donors (Lipinski definition) is 0. The molecule has 63 valence electrons. The Bertz CT molecular complexity index is 131. The third-order valence-electron chi connectivity index (χ3n) is 3.57. The minimum absolute atomic E-state index is 0.300.